The molecule has 0 spiro atoms. The van der Waals surface area contributed by atoms with Gasteiger partial charge < -0.3 is 11.2 Å². The average molecular weight is 328 g/mol. The zero-order chi connectivity index (χ0) is 15.2. The van der Waals surface area contributed by atoms with Crippen LogP contribution < -0.4 is 22.4 Å². The number of halogens is 1. The predicted molar refractivity (Wildman–Crippen MR) is 82.0 cm³/mol. The maximum absolute atomic E-state index is 11.8. The van der Waals surface area contributed by atoms with Crippen LogP contribution >= 0.6 is 23.4 Å². The predicted octanol–water partition coefficient (Wildman–Crippen LogP) is 0.339. The molecule has 0 fully saturated rings. The highest BCUT2D eigenvalue weighted by Crippen LogP contribution is 2.16. The molecule has 1 heterocycles. The van der Waals surface area contributed by atoms with Crippen LogP contribution in [0.1, 0.15) is 5.56 Å². The van der Waals surface area contributed by atoms with Crippen LogP contribution in [0, 0.1) is 0 Å². The normalized spacial score (nSPS) is 10.4. The first-order chi connectivity index (χ1) is 10.1. The van der Waals surface area contributed by atoms with Gasteiger partial charge in [-0.25, -0.2) is 10.5 Å². The average Bonchev–Trinajstić information content (AvgIpc) is 2.84. The van der Waals surface area contributed by atoms with Crippen LogP contribution in [0.3, 0.4) is 0 Å². The summed E-state index contributed by atoms with van der Waals surface area (Å²) in [5.74, 6) is 11.1. The lowest BCUT2D eigenvalue weighted by Crippen LogP contribution is -2.25. The number of nitrogens with two attached hydrogens (primary N) is 2. The number of nitrogen functional groups attached to an aromatic ring is 2. The number of nitrogens with one attached hydrogen (secondary N) is 2. The lowest BCUT2D eigenvalue weighted by atomic mass is 10.2. The lowest BCUT2D eigenvalue weighted by molar-refractivity contribution is -0.118. The summed E-state index contributed by atoms with van der Waals surface area (Å²) in [5, 5.41) is 11.3. The van der Waals surface area contributed by atoms with Crippen LogP contribution in [0.15, 0.2) is 29.4 Å². The molecule has 0 saturated carbocycles. The molecule has 0 aliphatic rings. The third-order valence-corrected chi connectivity index (χ3v) is 3.87. The summed E-state index contributed by atoms with van der Waals surface area (Å²) in [4.78, 5) is 11.8. The van der Waals surface area contributed by atoms with Crippen molar-refractivity contribution >= 4 is 35.2 Å². The number of hydrogen-bond donors (Lipinski definition) is 4. The molecule has 0 aliphatic carbocycles. The van der Waals surface area contributed by atoms with E-state index >= 15 is 0 Å². The van der Waals surface area contributed by atoms with Gasteiger partial charge in [0.25, 0.3) is 5.95 Å². The molecule has 8 nitrogen and oxygen atoms in total. The molecule has 0 atom stereocenters. The molecular weight excluding hydrogens is 314 g/mol. The monoisotopic (exact) mass is 327 g/mol. The fourth-order valence-corrected chi connectivity index (χ4v) is 2.38. The van der Waals surface area contributed by atoms with Crippen LogP contribution in [0.5, 0.6) is 0 Å². The number of anilines is 1. The van der Waals surface area contributed by atoms with E-state index < -0.39 is 0 Å². The highest BCUT2D eigenvalue weighted by molar-refractivity contribution is 7.99. The Morgan fingerprint density at radius 2 is 2.14 bits per heavy atom. The fourth-order valence-electron chi connectivity index (χ4n) is 1.49. The SMILES string of the molecule is NNc1nnc(SCC(=O)NCc2ccccc2Cl)n1N. The molecule has 0 saturated heterocycles. The maximum Gasteiger partial charge on any atom is 0.258 e. The van der Waals surface area contributed by atoms with Crippen molar-refractivity contribution in [2.75, 3.05) is 17.0 Å². The molecule has 0 radical (unpaired) electrons. The first kappa shape index (κ1) is 15.4. The zero-order valence-electron chi connectivity index (χ0n) is 10.9. The number of rotatable bonds is 6. The Balaban J connectivity index is 1.82. The summed E-state index contributed by atoms with van der Waals surface area (Å²) in [5.41, 5.74) is 3.15. The van der Waals surface area contributed by atoms with Gasteiger partial charge in [0.15, 0.2) is 0 Å². The molecule has 21 heavy (non-hydrogen) atoms. The van der Waals surface area contributed by atoms with E-state index in [-0.39, 0.29) is 17.6 Å². The first-order valence-electron chi connectivity index (χ1n) is 5.92. The summed E-state index contributed by atoms with van der Waals surface area (Å²) < 4.78 is 1.17. The molecule has 0 bridgehead atoms. The lowest BCUT2D eigenvalue weighted by Gasteiger charge is -2.06. The summed E-state index contributed by atoms with van der Waals surface area (Å²) in [6, 6.07) is 7.32. The fraction of sp³-hybridized carbons (Fsp3) is 0.182. The minimum absolute atomic E-state index is 0.157. The van der Waals surface area contributed by atoms with Crippen molar-refractivity contribution in [1.82, 2.24) is 20.2 Å². The number of benzene rings is 1. The summed E-state index contributed by atoms with van der Waals surface area (Å²) >= 11 is 7.16. The number of hydrazine groups is 1. The first-order valence-corrected chi connectivity index (χ1v) is 7.28. The van der Waals surface area contributed by atoms with E-state index in [9.17, 15) is 4.79 Å². The second kappa shape index (κ2) is 7.16. The molecule has 0 unspecified atom stereocenters. The van der Waals surface area contributed by atoms with Gasteiger partial charge in [0, 0.05) is 11.6 Å². The van der Waals surface area contributed by atoms with Gasteiger partial charge in [0.2, 0.25) is 11.1 Å². The van der Waals surface area contributed by atoms with Crippen molar-refractivity contribution in [2.24, 2.45) is 5.84 Å². The van der Waals surface area contributed by atoms with Crippen molar-refractivity contribution in [2.45, 2.75) is 11.7 Å². The van der Waals surface area contributed by atoms with Gasteiger partial charge in [-0.3, -0.25) is 10.2 Å². The molecule has 2 aromatic rings. The van der Waals surface area contributed by atoms with Gasteiger partial charge in [-0.2, -0.15) is 0 Å². The topological polar surface area (TPSA) is 124 Å². The van der Waals surface area contributed by atoms with Crippen LogP contribution in [0.2, 0.25) is 5.02 Å². The number of aromatic nitrogens is 3. The summed E-state index contributed by atoms with van der Waals surface area (Å²) in [6.45, 7) is 0.365. The molecule has 1 aromatic carbocycles. The summed E-state index contributed by atoms with van der Waals surface area (Å²) in [7, 11) is 0. The van der Waals surface area contributed by atoms with E-state index in [0.29, 0.717) is 16.7 Å². The van der Waals surface area contributed by atoms with E-state index in [1.54, 1.807) is 6.07 Å². The molecule has 1 aromatic heterocycles. The standard InChI is InChI=1S/C11H14ClN7OS/c12-8-4-2-1-3-7(8)5-15-9(20)6-21-11-18-17-10(16-13)19(11)14/h1-4H,5-6,13-14H2,(H,15,20)(H,16,17). The third-order valence-electron chi connectivity index (χ3n) is 2.56. The Kier molecular flexibility index (Phi) is 5.26. The molecule has 1 amide bonds. The number of nitrogens with zero attached hydrogens (tertiary/aromatic N) is 3. The Hall–Kier alpha value is -1.97. The van der Waals surface area contributed by atoms with Crippen molar-refractivity contribution in [3.63, 3.8) is 0 Å². The second-order valence-corrected chi connectivity index (χ2v) is 5.33. The van der Waals surface area contributed by atoms with E-state index in [1.165, 1.54) is 4.68 Å². The zero-order valence-corrected chi connectivity index (χ0v) is 12.5. The quantitative estimate of drug-likeness (QED) is 0.342. The molecule has 2 rings (SSSR count). The number of carbonyl (C=O) groups is 1. The molecule has 0 aliphatic heterocycles. The van der Waals surface area contributed by atoms with Crippen LogP contribution in [0.25, 0.3) is 0 Å². The van der Waals surface area contributed by atoms with E-state index in [0.717, 1.165) is 17.3 Å². The smallest absolute Gasteiger partial charge is 0.258 e. The Morgan fingerprint density at radius 3 is 2.81 bits per heavy atom. The maximum atomic E-state index is 11.8. The van der Waals surface area contributed by atoms with Crippen molar-refractivity contribution in [3.05, 3.63) is 34.9 Å². The van der Waals surface area contributed by atoms with Crippen molar-refractivity contribution < 1.29 is 4.79 Å². The minimum Gasteiger partial charge on any atom is -0.351 e. The van der Waals surface area contributed by atoms with Gasteiger partial charge in [0.05, 0.1) is 5.75 Å². The Bertz CT molecular complexity index is 633. The number of amides is 1. The van der Waals surface area contributed by atoms with Gasteiger partial charge in [0.1, 0.15) is 0 Å². The van der Waals surface area contributed by atoms with E-state index in [2.05, 4.69) is 20.9 Å². The van der Waals surface area contributed by atoms with Gasteiger partial charge in [-0.05, 0) is 11.6 Å². The number of thioether (sulfide) groups is 1. The highest BCUT2D eigenvalue weighted by Gasteiger charge is 2.11. The van der Waals surface area contributed by atoms with Gasteiger partial charge >= 0.3 is 0 Å². The molecular formula is C11H14ClN7OS. The van der Waals surface area contributed by atoms with Gasteiger partial charge in [-0.15, -0.1) is 10.2 Å². The third kappa shape index (κ3) is 4.00. The number of carbonyl (C=O) groups excluding carboxylic acids is 1. The van der Waals surface area contributed by atoms with Crippen LogP contribution in [-0.4, -0.2) is 26.5 Å². The molecule has 10 heteroatoms. The van der Waals surface area contributed by atoms with E-state index in [1.807, 2.05) is 18.2 Å². The van der Waals surface area contributed by atoms with Crippen LogP contribution in [0.4, 0.5) is 5.95 Å². The largest absolute Gasteiger partial charge is 0.351 e. The molecule has 112 valence electrons. The summed E-state index contributed by atoms with van der Waals surface area (Å²) in [6.07, 6.45) is 0. The second-order valence-electron chi connectivity index (χ2n) is 3.98. The highest BCUT2D eigenvalue weighted by atomic mass is 35.5. The van der Waals surface area contributed by atoms with Crippen molar-refractivity contribution in [3.8, 4) is 0 Å². The van der Waals surface area contributed by atoms with E-state index in [4.69, 9.17) is 23.3 Å². The number of hydrogen-bond acceptors (Lipinski definition) is 7. The van der Waals surface area contributed by atoms with Gasteiger partial charge in [-0.1, -0.05) is 41.6 Å². The molecule has 6 N–H and O–H groups in total. The Morgan fingerprint density at radius 1 is 1.38 bits per heavy atom. The Labute approximate surface area is 130 Å². The van der Waals surface area contributed by atoms with Crippen molar-refractivity contribution in [1.29, 1.82) is 0 Å². The van der Waals surface area contributed by atoms with Crippen LogP contribution in [-0.2, 0) is 11.3 Å². The minimum atomic E-state index is -0.162.